The van der Waals surface area contributed by atoms with Gasteiger partial charge in [-0.3, -0.25) is 9.59 Å². The molecular formula is C30H40N6O2. The Morgan fingerprint density at radius 3 is 2.50 bits per heavy atom. The van der Waals surface area contributed by atoms with E-state index in [0.29, 0.717) is 18.1 Å². The van der Waals surface area contributed by atoms with E-state index in [-0.39, 0.29) is 28.9 Å². The quantitative estimate of drug-likeness (QED) is 0.470. The first-order chi connectivity index (χ1) is 18.3. The van der Waals surface area contributed by atoms with Crippen molar-refractivity contribution in [1.82, 2.24) is 14.9 Å². The summed E-state index contributed by atoms with van der Waals surface area (Å²) in [6.45, 7) is 11.3. The molecule has 2 atom stereocenters. The van der Waals surface area contributed by atoms with E-state index in [2.05, 4.69) is 52.7 Å². The number of amides is 1. The van der Waals surface area contributed by atoms with Gasteiger partial charge >= 0.3 is 0 Å². The Kier molecular flexibility index (Phi) is 7.52. The average Bonchev–Trinajstić information content (AvgIpc) is 3.76. The van der Waals surface area contributed by atoms with Gasteiger partial charge in [-0.25, -0.2) is 9.97 Å². The zero-order valence-corrected chi connectivity index (χ0v) is 22.7. The molecule has 0 bridgehead atoms. The number of nitrogens with zero attached hydrogens (tertiary/aromatic N) is 4. The number of nitrogens with one attached hydrogen (secondary N) is 1. The molecule has 2 saturated heterocycles. The summed E-state index contributed by atoms with van der Waals surface area (Å²) in [6.07, 6.45) is 10.5. The average molecular weight is 517 g/mol. The van der Waals surface area contributed by atoms with Gasteiger partial charge in [0.2, 0.25) is 0 Å². The molecule has 1 aromatic heterocycles. The first-order valence-corrected chi connectivity index (χ1v) is 14.0. The lowest BCUT2D eigenvalue weighted by Gasteiger charge is -2.40. The van der Waals surface area contributed by atoms with E-state index in [9.17, 15) is 9.59 Å². The highest BCUT2D eigenvalue weighted by molar-refractivity contribution is 5.96. The van der Waals surface area contributed by atoms with Crippen molar-refractivity contribution in [3.8, 4) is 0 Å². The fourth-order valence-corrected chi connectivity index (χ4v) is 6.15. The van der Waals surface area contributed by atoms with E-state index in [4.69, 9.17) is 10.7 Å². The van der Waals surface area contributed by atoms with Gasteiger partial charge in [-0.2, -0.15) is 0 Å². The lowest BCUT2D eigenvalue weighted by molar-refractivity contribution is -0.115. The SMILES string of the molecule is C=CC(=O)C[C@@H]1CCCN(c2cnc(C(N)=O)c(Nc3ccc(C4(C)CCN(C5CC5)CC4)cc3)n2)[C@@H]1C. The lowest BCUT2D eigenvalue weighted by Crippen LogP contribution is -2.44. The van der Waals surface area contributed by atoms with Gasteiger partial charge in [-0.05, 0) is 93.6 Å². The summed E-state index contributed by atoms with van der Waals surface area (Å²) in [5.74, 6) is 0.676. The highest BCUT2D eigenvalue weighted by Crippen LogP contribution is 2.39. The topological polar surface area (TPSA) is 104 Å². The molecule has 3 heterocycles. The zero-order chi connectivity index (χ0) is 26.9. The molecule has 1 aliphatic carbocycles. The van der Waals surface area contributed by atoms with Crippen molar-refractivity contribution in [2.24, 2.45) is 11.7 Å². The minimum absolute atomic E-state index is 0.0620. The number of carbonyl (C=O) groups excluding carboxylic acids is 2. The second kappa shape index (κ2) is 10.8. The highest BCUT2D eigenvalue weighted by Gasteiger charge is 2.37. The first kappa shape index (κ1) is 26.4. The molecule has 3 N–H and O–H groups in total. The maximum atomic E-state index is 12.2. The number of hydrogen-bond acceptors (Lipinski definition) is 7. The Hall–Kier alpha value is -3.26. The molecular weight excluding hydrogens is 476 g/mol. The summed E-state index contributed by atoms with van der Waals surface area (Å²) >= 11 is 0. The molecule has 0 radical (unpaired) electrons. The summed E-state index contributed by atoms with van der Waals surface area (Å²) in [5, 5.41) is 3.30. The molecule has 3 fully saturated rings. The van der Waals surface area contributed by atoms with Crippen LogP contribution in [-0.4, -0.2) is 58.3 Å². The fraction of sp³-hybridized carbons (Fsp3) is 0.533. The number of primary amides is 1. The number of aromatic nitrogens is 2. The van der Waals surface area contributed by atoms with Crippen LogP contribution in [0.25, 0.3) is 0 Å². The molecule has 0 unspecified atom stereocenters. The maximum Gasteiger partial charge on any atom is 0.271 e. The molecule has 1 amide bonds. The Morgan fingerprint density at radius 1 is 1.16 bits per heavy atom. The van der Waals surface area contributed by atoms with Crippen LogP contribution in [0.2, 0.25) is 0 Å². The highest BCUT2D eigenvalue weighted by atomic mass is 16.1. The third kappa shape index (κ3) is 5.60. The number of rotatable bonds is 9. The second-order valence-corrected chi connectivity index (χ2v) is 11.5. The molecule has 202 valence electrons. The Bertz CT molecular complexity index is 1180. The van der Waals surface area contributed by atoms with Gasteiger partial charge < -0.3 is 20.9 Å². The minimum Gasteiger partial charge on any atom is -0.364 e. The van der Waals surface area contributed by atoms with Crippen LogP contribution in [0.1, 0.15) is 74.8 Å². The second-order valence-electron chi connectivity index (χ2n) is 11.5. The Morgan fingerprint density at radius 2 is 1.87 bits per heavy atom. The molecule has 38 heavy (non-hydrogen) atoms. The predicted octanol–water partition coefficient (Wildman–Crippen LogP) is 4.59. The van der Waals surface area contributed by atoms with Gasteiger partial charge in [0.05, 0.1) is 6.20 Å². The van der Waals surface area contributed by atoms with E-state index in [1.165, 1.54) is 50.4 Å². The third-order valence-corrected chi connectivity index (χ3v) is 8.94. The summed E-state index contributed by atoms with van der Waals surface area (Å²) in [4.78, 5) is 38.2. The number of benzene rings is 1. The number of piperidine rings is 2. The van der Waals surface area contributed by atoms with Crippen LogP contribution in [0, 0.1) is 5.92 Å². The van der Waals surface area contributed by atoms with Crippen LogP contribution in [0.15, 0.2) is 43.1 Å². The summed E-state index contributed by atoms with van der Waals surface area (Å²) in [6, 6.07) is 9.41. The summed E-state index contributed by atoms with van der Waals surface area (Å²) < 4.78 is 0. The van der Waals surface area contributed by atoms with Crippen molar-refractivity contribution in [3.63, 3.8) is 0 Å². The third-order valence-electron chi connectivity index (χ3n) is 8.94. The number of nitrogens with two attached hydrogens (primary N) is 1. The summed E-state index contributed by atoms with van der Waals surface area (Å²) in [5.41, 5.74) is 8.11. The van der Waals surface area contributed by atoms with Gasteiger partial charge in [0, 0.05) is 30.7 Å². The van der Waals surface area contributed by atoms with E-state index in [0.717, 1.165) is 31.1 Å². The predicted molar refractivity (Wildman–Crippen MR) is 151 cm³/mol. The smallest absolute Gasteiger partial charge is 0.271 e. The summed E-state index contributed by atoms with van der Waals surface area (Å²) in [7, 11) is 0. The van der Waals surface area contributed by atoms with E-state index >= 15 is 0 Å². The van der Waals surface area contributed by atoms with Gasteiger partial charge in [-0.15, -0.1) is 0 Å². The largest absolute Gasteiger partial charge is 0.364 e. The Labute approximate surface area is 225 Å². The van der Waals surface area contributed by atoms with Crippen LogP contribution in [0.5, 0.6) is 0 Å². The van der Waals surface area contributed by atoms with Crippen LogP contribution in [0.3, 0.4) is 0 Å². The van der Waals surface area contributed by atoms with Gasteiger partial charge in [-0.1, -0.05) is 25.6 Å². The van der Waals surface area contributed by atoms with Crippen LogP contribution in [-0.2, 0) is 10.2 Å². The first-order valence-electron chi connectivity index (χ1n) is 14.0. The molecule has 1 saturated carbocycles. The van der Waals surface area contributed by atoms with Crippen LogP contribution >= 0.6 is 0 Å². The van der Waals surface area contributed by atoms with E-state index < -0.39 is 5.91 Å². The van der Waals surface area contributed by atoms with Gasteiger partial charge in [0.15, 0.2) is 17.3 Å². The van der Waals surface area contributed by atoms with Crippen molar-refractivity contribution in [2.75, 3.05) is 29.9 Å². The molecule has 3 aliphatic rings. The molecule has 2 aromatic rings. The van der Waals surface area contributed by atoms with Crippen LogP contribution in [0.4, 0.5) is 17.3 Å². The normalized spacial score (nSPS) is 23.6. The van der Waals surface area contributed by atoms with Crippen molar-refractivity contribution in [2.45, 2.75) is 76.3 Å². The van der Waals surface area contributed by atoms with Crippen molar-refractivity contribution >= 4 is 29.0 Å². The maximum absolute atomic E-state index is 12.2. The lowest BCUT2D eigenvalue weighted by atomic mass is 9.74. The zero-order valence-electron chi connectivity index (χ0n) is 22.7. The van der Waals surface area contributed by atoms with Gasteiger partial charge in [0.1, 0.15) is 5.82 Å². The molecule has 1 aromatic carbocycles. The number of ketones is 1. The molecule has 5 rings (SSSR count). The number of likely N-dealkylation sites (tertiary alicyclic amines) is 1. The van der Waals surface area contributed by atoms with Crippen molar-refractivity contribution < 1.29 is 9.59 Å². The van der Waals surface area contributed by atoms with E-state index in [1.54, 1.807) is 6.20 Å². The standard InChI is InChI=1S/C30H40N6O2/c1-4-25(37)18-21-6-5-15-36(20(21)2)26-19-32-27(28(31)38)29(34-26)33-23-9-7-22(8-10-23)30(3)13-16-35(17-14-30)24-11-12-24/h4,7-10,19-21,24H,1,5-6,11-18H2,2-3H3,(H2,31,38)(H,33,34)/t20-,21+/m1/s1. The van der Waals surface area contributed by atoms with Gasteiger partial charge in [0.25, 0.3) is 5.91 Å². The monoisotopic (exact) mass is 516 g/mol. The van der Waals surface area contributed by atoms with Crippen molar-refractivity contribution in [3.05, 3.63) is 54.4 Å². The minimum atomic E-state index is -0.626. The van der Waals surface area contributed by atoms with E-state index in [1.807, 2.05) is 12.1 Å². The molecule has 8 heteroatoms. The molecule has 0 spiro atoms. The number of anilines is 3. The number of carbonyl (C=O) groups is 2. The fourth-order valence-electron chi connectivity index (χ4n) is 6.15. The number of allylic oxidation sites excluding steroid dienone is 1. The molecule has 2 aliphatic heterocycles. The Balaban J connectivity index is 1.32. The van der Waals surface area contributed by atoms with Crippen molar-refractivity contribution in [1.29, 1.82) is 0 Å². The molecule has 8 nitrogen and oxygen atoms in total. The van der Waals surface area contributed by atoms with Crippen LogP contribution < -0.4 is 16.0 Å². The number of hydrogen-bond donors (Lipinski definition) is 2.